The standard InChI is InChI=1S/C30H50BNO7Si2/c1-28(2,3)37-27(35)36-25-19(14-13-15-21(25)26(33)34)16-24(32(40(7,8)9)41(10,11)12)31-38-23-18-20-17-22(29(20,4)5)30(23,6)39-31/h13-15,20,22-24H,16-18H2,1-12H3,(H,33,34)/t20-,22-,23+,24?,30-/m0/s1. The normalized spacial score (nSPS) is 28.1. The Morgan fingerprint density at radius 3 is 2.22 bits per heavy atom. The van der Waals surface area contributed by atoms with Gasteiger partial charge in [0.15, 0.2) is 5.75 Å². The first-order valence-electron chi connectivity index (χ1n) is 14.9. The van der Waals surface area contributed by atoms with Crippen LogP contribution in [0, 0.1) is 17.3 Å². The molecule has 4 aliphatic rings. The van der Waals surface area contributed by atoms with E-state index in [-0.39, 0.29) is 34.4 Å². The zero-order chi connectivity index (χ0) is 30.9. The first-order valence-corrected chi connectivity index (χ1v) is 21.8. The van der Waals surface area contributed by atoms with Gasteiger partial charge in [0.25, 0.3) is 0 Å². The van der Waals surface area contributed by atoms with E-state index in [1.165, 1.54) is 12.5 Å². The summed E-state index contributed by atoms with van der Waals surface area (Å²) in [6.07, 6.45) is 1.68. The van der Waals surface area contributed by atoms with Crippen LogP contribution in [0.4, 0.5) is 4.79 Å². The topological polar surface area (TPSA) is 94.5 Å². The summed E-state index contributed by atoms with van der Waals surface area (Å²) in [6.45, 7) is 26.2. The number of carboxylic acids is 1. The number of para-hydroxylation sites is 1. The number of nitrogens with zero attached hydrogens (tertiary/aromatic N) is 1. The summed E-state index contributed by atoms with van der Waals surface area (Å²) in [4.78, 5) is 25.1. The molecule has 4 fully saturated rings. The number of ether oxygens (including phenoxy) is 2. The van der Waals surface area contributed by atoms with E-state index < -0.39 is 41.3 Å². The number of benzene rings is 1. The SMILES string of the molecule is CC(C)(C)OC(=O)Oc1c(CC(B2O[C@@H]3C[C@@H]4C[C@@H](C4(C)C)[C@]3(C)O2)N([Si](C)(C)C)[Si](C)(C)C)cccc1C(=O)O. The lowest BCUT2D eigenvalue weighted by Gasteiger charge is -2.64. The molecule has 5 rings (SSSR count). The third kappa shape index (κ3) is 6.20. The quantitative estimate of drug-likeness (QED) is 0.196. The van der Waals surface area contributed by atoms with Gasteiger partial charge in [-0.2, -0.15) is 0 Å². The van der Waals surface area contributed by atoms with Crippen LogP contribution in [-0.4, -0.2) is 68.3 Å². The van der Waals surface area contributed by atoms with Gasteiger partial charge < -0.3 is 28.1 Å². The van der Waals surface area contributed by atoms with Crippen LogP contribution in [0.2, 0.25) is 39.3 Å². The molecule has 1 aromatic rings. The number of carbonyl (C=O) groups is 2. The number of carbonyl (C=O) groups excluding carboxylic acids is 1. The fourth-order valence-electron chi connectivity index (χ4n) is 7.99. The highest BCUT2D eigenvalue weighted by atomic mass is 28.4. The number of aromatic carboxylic acids is 1. The third-order valence-electron chi connectivity index (χ3n) is 9.39. The molecule has 0 amide bonds. The molecule has 11 heteroatoms. The lowest BCUT2D eigenvalue weighted by Crippen LogP contribution is -2.68. The van der Waals surface area contributed by atoms with Crippen molar-refractivity contribution in [2.75, 3.05) is 0 Å². The highest BCUT2D eigenvalue weighted by Crippen LogP contribution is 2.66. The predicted molar refractivity (Wildman–Crippen MR) is 166 cm³/mol. The molecule has 2 bridgehead atoms. The van der Waals surface area contributed by atoms with Crippen LogP contribution in [0.25, 0.3) is 0 Å². The number of rotatable bonds is 8. The van der Waals surface area contributed by atoms with Gasteiger partial charge >= 0.3 is 19.2 Å². The minimum Gasteiger partial charge on any atom is -0.478 e. The second-order valence-corrected chi connectivity index (χ2v) is 26.1. The monoisotopic (exact) mass is 603 g/mol. The van der Waals surface area contributed by atoms with E-state index >= 15 is 0 Å². The summed E-state index contributed by atoms with van der Waals surface area (Å²) < 4.78 is 27.7. The van der Waals surface area contributed by atoms with E-state index in [0.717, 1.165) is 6.42 Å². The molecular weight excluding hydrogens is 553 g/mol. The summed E-state index contributed by atoms with van der Waals surface area (Å²) in [5.41, 5.74) is -0.378. The first-order chi connectivity index (χ1) is 18.6. The molecule has 1 unspecified atom stereocenters. The molecule has 41 heavy (non-hydrogen) atoms. The van der Waals surface area contributed by atoms with Crippen molar-refractivity contribution in [2.24, 2.45) is 17.3 Å². The molecule has 0 spiro atoms. The van der Waals surface area contributed by atoms with Crippen molar-refractivity contribution in [3.05, 3.63) is 29.3 Å². The Kier molecular flexibility index (Phi) is 8.26. The van der Waals surface area contributed by atoms with Crippen LogP contribution in [-0.2, 0) is 20.5 Å². The van der Waals surface area contributed by atoms with E-state index in [9.17, 15) is 14.7 Å². The van der Waals surface area contributed by atoms with Gasteiger partial charge in [0, 0.05) is 5.94 Å². The minimum atomic E-state index is -1.94. The summed E-state index contributed by atoms with van der Waals surface area (Å²) in [7, 11) is -4.37. The van der Waals surface area contributed by atoms with Crippen molar-refractivity contribution >= 4 is 35.7 Å². The molecule has 1 saturated heterocycles. The van der Waals surface area contributed by atoms with Crippen LogP contribution >= 0.6 is 0 Å². The van der Waals surface area contributed by atoms with Crippen LogP contribution in [0.1, 0.15) is 70.3 Å². The second-order valence-electron chi connectivity index (χ2n) is 16.0. The Morgan fingerprint density at radius 2 is 1.71 bits per heavy atom. The van der Waals surface area contributed by atoms with Crippen molar-refractivity contribution < 1.29 is 33.5 Å². The van der Waals surface area contributed by atoms with Crippen molar-refractivity contribution in [3.63, 3.8) is 0 Å². The van der Waals surface area contributed by atoms with Gasteiger partial charge in [-0.15, -0.1) is 0 Å². The maximum atomic E-state index is 12.8. The second kappa shape index (κ2) is 10.5. The first kappa shape index (κ1) is 32.3. The zero-order valence-electron chi connectivity index (χ0n) is 27.1. The Labute approximate surface area is 248 Å². The molecule has 3 saturated carbocycles. The minimum absolute atomic E-state index is 0.0235. The summed E-state index contributed by atoms with van der Waals surface area (Å²) in [5.74, 6) is -0.255. The van der Waals surface area contributed by atoms with Crippen molar-refractivity contribution in [1.29, 1.82) is 0 Å². The molecule has 1 heterocycles. The Balaban J connectivity index is 1.77. The molecule has 1 aliphatic heterocycles. The summed E-state index contributed by atoms with van der Waals surface area (Å²) in [6, 6.07) is 5.01. The van der Waals surface area contributed by atoms with Gasteiger partial charge in [0.05, 0.1) is 11.7 Å². The molecular formula is C30H50BNO7Si2. The molecule has 1 N–H and O–H groups in total. The van der Waals surface area contributed by atoms with Gasteiger partial charge in [-0.25, -0.2) is 9.59 Å². The van der Waals surface area contributed by atoms with Gasteiger partial charge in [-0.1, -0.05) is 65.3 Å². The molecule has 0 radical (unpaired) electrons. The predicted octanol–water partition coefficient (Wildman–Crippen LogP) is 6.85. The number of hydrogen-bond donors (Lipinski definition) is 1. The number of hydrogen-bond acceptors (Lipinski definition) is 7. The van der Waals surface area contributed by atoms with Gasteiger partial charge in [0.2, 0.25) is 0 Å². The number of carboxylic acid groups (broad SMARTS) is 1. The van der Waals surface area contributed by atoms with Gasteiger partial charge in [-0.05, 0) is 75.8 Å². The smallest absolute Gasteiger partial charge is 0.478 e. The van der Waals surface area contributed by atoms with Crippen LogP contribution in [0.5, 0.6) is 5.75 Å². The molecule has 5 atom stereocenters. The van der Waals surface area contributed by atoms with Crippen molar-refractivity contribution in [3.8, 4) is 5.75 Å². The Bertz CT molecular complexity index is 1170. The molecule has 0 aromatic heterocycles. The van der Waals surface area contributed by atoms with E-state index in [1.54, 1.807) is 26.8 Å². The van der Waals surface area contributed by atoms with Gasteiger partial charge in [0.1, 0.15) is 27.6 Å². The van der Waals surface area contributed by atoms with Crippen LogP contribution in [0.15, 0.2) is 18.2 Å². The fourth-order valence-corrected chi connectivity index (χ4v) is 18.5. The van der Waals surface area contributed by atoms with Crippen LogP contribution < -0.4 is 4.74 Å². The average Bonchev–Trinajstić information content (AvgIpc) is 3.13. The fraction of sp³-hybridized carbons (Fsp3) is 0.733. The molecule has 8 nitrogen and oxygen atoms in total. The lowest BCUT2D eigenvalue weighted by atomic mass is 9.43. The van der Waals surface area contributed by atoms with Gasteiger partial charge in [-0.3, -0.25) is 0 Å². The lowest BCUT2D eigenvalue weighted by molar-refractivity contribution is -0.199. The molecule has 3 aliphatic carbocycles. The molecule has 1 aromatic carbocycles. The average molecular weight is 604 g/mol. The van der Waals surface area contributed by atoms with E-state index in [2.05, 4.69) is 64.3 Å². The highest BCUT2D eigenvalue weighted by Gasteiger charge is 2.69. The zero-order valence-corrected chi connectivity index (χ0v) is 29.1. The summed E-state index contributed by atoms with van der Waals surface area (Å²) >= 11 is 0. The maximum absolute atomic E-state index is 12.8. The van der Waals surface area contributed by atoms with E-state index in [1.807, 2.05) is 6.07 Å². The van der Waals surface area contributed by atoms with E-state index in [4.69, 9.17) is 18.8 Å². The highest BCUT2D eigenvalue weighted by molar-refractivity contribution is 6.90. The summed E-state index contributed by atoms with van der Waals surface area (Å²) in [5, 5.41) is 10.0. The third-order valence-corrected chi connectivity index (χ3v) is 17.0. The molecule has 228 valence electrons. The van der Waals surface area contributed by atoms with E-state index in [0.29, 0.717) is 23.8 Å². The van der Waals surface area contributed by atoms with Crippen LogP contribution in [0.3, 0.4) is 0 Å². The Hall–Kier alpha value is -1.66. The maximum Gasteiger partial charge on any atom is 0.514 e. The Morgan fingerprint density at radius 1 is 1.10 bits per heavy atom. The largest absolute Gasteiger partial charge is 0.514 e. The van der Waals surface area contributed by atoms with Crippen molar-refractivity contribution in [2.45, 2.75) is 123 Å². The van der Waals surface area contributed by atoms with Crippen molar-refractivity contribution in [1.82, 2.24) is 4.23 Å².